The van der Waals surface area contributed by atoms with Crippen molar-refractivity contribution in [3.05, 3.63) is 41.2 Å². The van der Waals surface area contributed by atoms with E-state index in [1.807, 2.05) is 0 Å². The van der Waals surface area contributed by atoms with Crippen LogP contribution in [0.5, 0.6) is 0 Å². The quantitative estimate of drug-likeness (QED) is 0.821. The predicted octanol–water partition coefficient (Wildman–Crippen LogP) is 1.67. The van der Waals surface area contributed by atoms with E-state index in [1.54, 1.807) is 30.7 Å². The van der Waals surface area contributed by atoms with Gasteiger partial charge in [0.15, 0.2) is 10.4 Å². The highest BCUT2D eigenvalue weighted by molar-refractivity contribution is 9.10. The van der Waals surface area contributed by atoms with Crippen molar-refractivity contribution >= 4 is 27.7 Å². The summed E-state index contributed by atoms with van der Waals surface area (Å²) >= 11 is 3.14. The van der Waals surface area contributed by atoms with Crippen molar-refractivity contribution in [2.75, 3.05) is 18.4 Å². The van der Waals surface area contributed by atoms with E-state index in [2.05, 4.69) is 36.5 Å². The van der Waals surface area contributed by atoms with Gasteiger partial charge >= 0.3 is 0 Å². The minimum Gasteiger partial charge on any atom is -0.444 e. The number of rotatable bonds is 5. The second-order valence-corrected chi connectivity index (χ2v) is 4.16. The maximum absolute atomic E-state index is 11.6. The van der Waals surface area contributed by atoms with Gasteiger partial charge in [-0.05, 0) is 28.1 Å². The van der Waals surface area contributed by atoms with Crippen LogP contribution in [0.3, 0.4) is 0 Å². The molecule has 0 spiro atoms. The summed E-state index contributed by atoms with van der Waals surface area (Å²) in [5, 5.41) is 5.75. The lowest BCUT2D eigenvalue weighted by Crippen LogP contribution is -2.28. The molecule has 18 heavy (non-hydrogen) atoms. The summed E-state index contributed by atoms with van der Waals surface area (Å²) in [6.45, 7) is 1.03. The van der Waals surface area contributed by atoms with E-state index in [0.29, 0.717) is 23.6 Å². The summed E-state index contributed by atoms with van der Waals surface area (Å²) in [5.74, 6) is 0.704. The SMILES string of the molecule is O=C(NCCNc1cnccn1)c1ccc(Br)o1. The van der Waals surface area contributed by atoms with E-state index in [0.717, 1.165) is 0 Å². The zero-order valence-corrected chi connectivity index (χ0v) is 11.0. The summed E-state index contributed by atoms with van der Waals surface area (Å²) in [6.07, 6.45) is 4.81. The molecule has 0 saturated carbocycles. The lowest BCUT2D eigenvalue weighted by molar-refractivity contribution is 0.0926. The van der Waals surface area contributed by atoms with Gasteiger partial charge in [0, 0.05) is 25.5 Å². The molecule has 0 unspecified atom stereocenters. The number of carbonyl (C=O) groups excluding carboxylic acids is 1. The van der Waals surface area contributed by atoms with Crippen molar-refractivity contribution in [2.24, 2.45) is 0 Å². The highest BCUT2D eigenvalue weighted by Gasteiger charge is 2.08. The van der Waals surface area contributed by atoms with Gasteiger partial charge in [-0.3, -0.25) is 9.78 Å². The first kappa shape index (κ1) is 12.6. The molecule has 2 N–H and O–H groups in total. The number of carbonyl (C=O) groups is 1. The molecule has 0 aliphatic heterocycles. The number of amides is 1. The predicted molar refractivity (Wildman–Crippen MR) is 69.3 cm³/mol. The Morgan fingerprint density at radius 3 is 2.89 bits per heavy atom. The van der Waals surface area contributed by atoms with E-state index >= 15 is 0 Å². The van der Waals surface area contributed by atoms with Crippen molar-refractivity contribution in [3.8, 4) is 0 Å². The molecule has 0 aromatic carbocycles. The van der Waals surface area contributed by atoms with E-state index in [-0.39, 0.29) is 11.7 Å². The van der Waals surface area contributed by atoms with E-state index in [4.69, 9.17) is 4.42 Å². The van der Waals surface area contributed by atoms with E-state index in [9.17, 15) is 4.79 Å². The maximum Gasteiger partial charge on any atom is 0.287 e. The zero-order chi connectivity index (χ0) is 12.8. The smallest absolute Gasteiger partial charge is 0.287 e. The lowest BCUT2D eigenvalue weighted by Gasteiger charge is -2.05. The first-order valence-corrected chi connectivity index (χ1v) is 6.08. The van der Waals surface area contributed by atoms with Crippen LogP contribution in [0.1, 0.15) is 10.6 Å². The van der Waals surface area contributed by atoms with Crippen molar-refractivity contribution in [3.63, 3.8) is 0 Å². The molecule has 0 atom stereocenters. The first-order chi connectivity index (χ1) is 8.75. The Hall–Kier alpha value is -1.89. The second-order valence-electron chi connectivity index (χ2n) is 3.38. The Bertz CT molecular complexity index is 515. The van der Waals surface area contributed by atoms with Crippen LogP contribution >= 0.6 is 15.9 Å². The largest absolute Gasteiger partial charge is 0.444 e. The van der Waals surface area contributed by atoms with Gasteiger partial charge in [0.1, 0.15) is 5.82 Å². The summed E-state index contributed by atoms with van der Waals surface area (Å²) < 4.78 is 5.66. The Morgan fingerprint density at radius 1 is 1.33 bits per heavy atom. The van der Waals surface area contributed by atoms with Crippen molar-refractivity contribution in [2.45, 2.75) is 0 Å². The van der Waals surface area contributed by atoms with Crippen molar-refractivity contribution < 1.29 is 9.21 Å². The van der Waals surface area contributed by atoms with Crippen LogP contribution in [0.25, 0.3) is 0 Å². The molecule has 1 amide bonds. The minimum absolute atomic E-state index is 0.248. The number of nitrogens with zero attached hydrogens (tertiary/aromatic N) is 2. The molecule has 94 valence electrons. The van der Waals surface area contributed by atoms with Crippen LogP contribution in [-0.4, -0.2) is 29.0 Å². The minimum atomic E-state index is -0.248. The average Bonchev–Trinajstić information content (AvgIpc) is 2.82. The molecular formula is C11H11BrN4O2. The Labute approximate surface area is 112 Å². The van der Waals surface area contributed by atoms with Crippen LogP contribution in [0.4, 0.5) is 5.82 Å². The summed E-state index contributed by atoms with van der Waals surface area (Å²) in [5.41, 5.74) is 0. The monoisotopic (exact) mass is 310 g/mol. The molecule has 2 aromatic heterocycles. The number of aromatic nitrogens is 2. The molecule has 2 heterocycles. The summed E-state index contributed by atoms with van der Waals surface area (Å²) in [4.78, 5) is 19.6. The van der Waals surface area contributed by atoms with Crippen LogP contribution in [-0.2, 0) is 0 Å². The second kappa shape index (κ2) is 6.15. The number of hydrogen-bond acceptors (Lipinski definition) is 5. The Balaban J connectivity index is 1.71. The van der Waals surface area contributed by atoms with Gasteiger partial charge in [0.05, 0.1) is 6.20 Å². The molecule has 2 aromatic rings. The van der Waals surface area contributed by atoms with Gasteiger partial charge in [0.2, 0.25) is 0 Å². The van der Waals surface area contributed by atoms with E-state index in [1.165, 1.54) is 0 Å². The fourth-order valence-electron chi connectivity index (χ4n) is 1.28. The number of nitrogens with one attached hydrogen (secondary N) is 2. The molecule has 0 saturated heterocycles. The fourth-order valence-corrected chi connectivity index (χ4v) is 1.59. The zero-order valence-electron chi connectivity index (χ0n) is 9.39. The van der Waals surface area contributed by atoms with Gasteiger partial charge in [0.25, 0.3) is 5.91 Å². The number of anilines is 1. The summed E-state index contributed by atoms with van der Waals surface area (Å²) in [7, 11) is 0. The van der Waals surface area contributed by atoms with E-state index < -0.39 is 0 Å². The Morgan fingerprint density at radius 2 is 2.22 bits per heavy atom. The highest BCUT2D eigenvalue weighted by Crippen LogP contribution is 2.13. The van der Waals surface area contributed by atoms with Crippen LogP contribution < -0.4 is 10.6 Å². The average molecular weight is 311 g/mol. The standard InChI is InChI=1S/C11H11BrN4O2/c12-9-2-1-8(18-9)11(17)16-6-5-15-10-7-13-3-4-14-10/h1-4,7H,5-6H2,(H,14,15)(H,16,17). The third-order valence-electron chi connectivity index (χ3n) is 2.08. The molecule has 0 fully saturated rings. The third-order valence-corrected chi connectivity index (χ3v) is 2.50. The van der Waals surface area contributed by atoms with Crippen molar-refractivity contribution in [1.29, 1.82) is 0 Å². The van der Waals surface area contributed by atoms with Crippen molar-refractivity contribution in [1.82, 2.24) is 15.3 Å². The molecule has 0 aliphatic carbocycles. The normalized spacial score (nSPS) is 10.1. The molecule has 7 heteroatoms. The molecule has 0 radical (unpaired) electrons. The molecule has 2 rings (SSSR count). The van der Waals surface area contributed by atoms with Crippen LogP contribution in [0, 0.1) is 0 Å². The van der Waals surface area contributed by atoms with Gasteiger partial charge < -0.3 is 15.1 Å². The topological polar surface area (TPSA) is 80.0 Å². The van der Waals surface area contributed by atoms with Crippen LogP contribution in [0.2, 0.25) is 0 Å². The van der Waals surface area contributed by atoms with Gasteiger partial charge in [-0.1, -0.05) is 0 Å². The maximum atomic E-state index is 11.6. The fraction of sp³-hybridized carbons (Fsp3) is 0.182. The number of halogens is 1. The van der Waals surface area contributed by atoms with Gasteiger partial charge in [-0.25, -0.2) is 4.98 Å². The molecule has 0 bridgehead atoms. The molecular weight excluding hydrogens is 300 g/mol. The third kappa shape index (κ3) is 3.56. The van der Waals surface area contributed by atoms with Gasteiger partial charge in [-0.2, -0.15) is 0 Å². The molecule has 6 nitrogen and oxygen atoms in total. The first-order valence-electron chi connectivity index (χ1n) is 5.29. The summed E-state index contributed by atoms with van der Waals surface area (Å²) in [6, 6.07) is 3.28. The molecule has 0 aliphatic rings. The van der Waals surface area contributed by atoms with Crippen LogP contribution in [0.15, 0.2) is 39.8 Å². The highest BCUT2D eigenvalue weighted by atomic mass is 79.9. The Kier molecular flexibility index (Phi) is 4.30. The number of hydrogen-bond donors (Lipinski definition) is 2. The lowest BCUT2D eigenvalue weighted by atomic mass is 10.4. The van der Waals surface area contributed by atoms with Gasteiger partial charge in [-0.15, -0.1) is 0 Å². The number of furan rings is 1.